The Kier molecular flexibility index (Phi) is 67.6. The number of unbranched alkanes of at least 4 members (excludes halogenated alkanes) is 48. The molecular weight excluding hydrogens is 997 g/mol. The number of hydrogen-bond acceptors (Lipinski definition) is 6. The van der Waals surface area contributed by atoms with Gasteiger partial charge in [0.15, 0.2) is 6.10 Å². The molecular formula is C75H138O6. The molecule has 1 unspecified atom stereocenters. The molecule has 6 nitrogen and oxygen atoms in total. The van der Waals surface area contributed by atoms with Crippen LogP contribution in [0.15, 0.2) is 48.6 Å². The van der Waals surface area contributed by atoms with Crippen molar-refractivity contribution in [1.29, 1.82) is 0 Å². The van der Waals surface area contributed by atoms with E-state index in [1.54, 1.807) is 0 Å². The molecule has 0 amide bonds. The van der Waals surface area contributed by atoms with Crippen molar-refractivity contribution in [2.75, 3.05) is 13.2 Å². The fourth-order valence-electron chi connectivity index (χ4n) is 11.0. The zero-order valence-corrected chi connectivity index (χ0v) is 54.6. The van der Waals surface area contributed by atoms with Crippen LogP contribution in [0.25, 0.3) is 0 Å². The molecule has 0 aromatic carbocycles. The second kappa shape index (κ2) is 69.9. The Balaban J connectivity index is 4.25. The van der Waals surface area contributed by atoms with Crippen molar-refractivity contribution < 1.29 is 28.6 Å². The van der Waals surface area contributed by atoms with Gasteiger partial charge in [-0.05, 0) is 57.8 Å². The van der Waals surface area contributed by atoms with Crippen molar-refractivity contribution in [3.63, 3.8) is 0 Å². The van der Waals surface area contributed by atoms with Gasteiger partial charge >= 0.3 is 17.9 Å². The van der Waals surface area contributed by atoms with Crippen molar-refractivity contribution >= 4 is 17.9 Å². The molecule has 0 bridgehead atoms. The van der Waals surface area contributed by atoms with E-state index < -0.39 is 6.10 Å². The molecule has 6 heteroatoms. The summed E-state index contributed by atoms with van der Waals surface area (Å²) in [6, 6.07) is 0. The van der Waals surface area contributed by atoms with Gasteiger partial charge in [-0.25, -0.2) is 0 Å². The number of carbonyl (C=O) groups excluding carboxylic acids is 3. The Hall–Kier alpha value is -2.63. The average Bonchev–Trinajstić information content (AvgIpc) is 3.47. The smallest absolute Gasteiger partial charge is 0.306 e. The largest absolute Gasteiger partial charge is 0.462 e. The number of esters is 3. The number of ether oxygens (including phenoxy) is 3. The summed E-state index contributed by atoms with van der Waals surface area (Å²) in [5.74, 6) is -0.838. The molecule has 0 aliphatic rings. The lowest BCUT2D eigenvalue weighted by Crippen LogP contribution is -2.30. The summed E-state index contributed by atoms with van der Waals surface area (Å²) in [7, 11) is 0. The van der Waals surface area contributed by atoms with Gasteiger partial charge in [-0.2, -0.15) is 0 Å². The average molecular weight is 1140 g/mol. The Morgan fingerprint density at radius 1 is 0.259 bits per heavy atom. The van der Waals surface area contributed by atoms with Gasteiger partial charge in [-0.1, -0.05) is 365 Å². The van der Waals surface area contributed by atoms with Crippen molar-refractivity contribution in [2.45, 2.75) is 399 Å². The van der Waals surface area contributed by atoms with Crippen LogP contribution in [0.3, 0.4) is 0 Å². The first-order valence-corrected chi connectivity index (χ1v) is 36.1. The standard InChI is InChI=1S/C75H138O6/c1-4-7-10-13-16-19-22-25-28-30-32-34-36-38-40-41-43-45-47-50-53-56-59-62-65-68-74(77)80-71-72(70-79-73(76)67-64-61-58-55-52-49-27-24-21-18-15-12-9-6-3)81-75(78)69-66-63-60-57-54-51-48-46-44-42-39-37-35-33-31-29-26-23-20-17-14-11-8-5-2/h7,10,16,19,25,28,32,34,72H,4-6,8-9,11-15,17-18,20-24,26-27,29-31,33,35-71H2,1-3H3/b10-7-,19-16-,28-25-,34-32-. The van der Waals surface area contributed by atoms with Gasteiger partial charge < -0.3 is 14.2 Å². The molecule has 0 aliphatic heterocycles. The van der Waals surface area contributed by atoms with E-state index in [0.717, 1.165) is 83.5 Å². The molecule has 0 saturated heterocycles. The molecule has 81 heavy (non-hydrogen) atoms. The lowest BCUT2D eigenvalue weighted by molar-refractivity contribution is -0.167. The van der Waals surface area contributed by atoms with E-state index in [1.807, 2.05) is 0 Å². The Morgan fingerprint density at radius 2 is 0.481 bits per heavy atom. The lowest BCUT2D eigenvalue weighted by atomic mass is 10.0. The minimum Gasteiger partial charge on any atom is -0.462 e. The number of carbonyl (C=O) groups is 3. The summed E-state index contributed by atoms with van der Waals surface area (Å²) < 4.78 is 17.0. The molecule has 0 aromatic rings. The third kappa shape index (κ3) is 68.0. The summed E-state index contributed by atoms with van der Waals surface area (Å²) in [5.41, 5.74) is 0. The molecule has 0 radical (unpaired) electrons. The van der Waals surface area contributed by atoms with Gasteiger partial charge in [-0.3, -0.25) is 14.4 Å². The van der Waals surface area contributed by atoms with E-state index >= 15 is 0 Å². The highest BCUT2D eigenvalue weighted by molar-refractivity contribution is 5.71. The molecule has 0 fully saturated rings. The van der Waals surface area contributed by atoms with Gasteiger partial charge in [0.2, 0.25) is 0 Å². The molecule has 0 heterocycles. The molecule has 474 valence electrons. The quantitative estimate of drug-likeness (QED) is 0.0261. The predicted molar refractivity (Wildman–Crippen MR) is 353 cm³/mol. The SMILES string of the molecule is CC/C=C\C/C=C\C/C=C\C/C=C\CCCCCCCCCCCCCCC(=O)OCC(COC(=O)CCCCCCCCCCCCCCCC)OC(=O)CCCCCCCCCCCCCCCCCCCCCCCCCC. The van der Waals surface area contributed by atoms with Crippen molar-refractivity contribution in [3.8, 4) is 0 Å². The first-order chi connectivity index (χ1) is 40.0. The van der Waals surface area contributed by atoms with Gasteiger partial charge in [0, 0.05) is 19.3 Å². The van der Waals surface area contributed by atoms with Crippen molar-refractivity contribution in [1.82, 2.24) is 0 Å². The van der Waals surface area contributed by atoms with E-state index in [4.69, 9.17) is 14.2 Å². The van der Waals surface area contributed by atoms with Crippen LogP contribution in [0.2, 0.25) is 0 Å². The normalized spacial score (nSPS) is 12.3. The molecule has 1 atom stereocenters. The van der Waals surface area contributed by atoms with Crippen LogP contribution < -0.4 is 0 Å². The second-order valence-electron chi connectivity index (χ2n) is 24.5. The zero-order valence-electron chi connectivity index (χ0n) is 54.6. The van der Waals surface area contributed by atoms with E-state index in [0.29, 0.717) is 19.3 Å². The van der Waals surface area contributed by atoms with Crippen LogP contribution in [-0.2, 0) is 28.6 Å². The second-order valence-corrected chi connectivity index (χ2v) is 24.5. The minimum atomic E-state index is -0.771. The van der Waals surface area contributed by atoms with E-state index in [-0.39, 0.29) is 31.1 Å². The maximum absolute atomic E-state index is 13.0. The third-order valence-electron chi connectivity index (χ3n) is 16.3. The fourth-order valence-corrected chi connectivity index (χ4v) is 11.0. The number of hydrogen-bond donors (Lipinski definition) is 0. The van der Waals surface area contributed by atoms with Gasteiger partial charge in [0.1, 0.15) is 13.2 Å². The monoisotopic (exact) mass is 1140 g/mol. The van der Waals surface area contributed by atoms with E-state index in [1.165, 1.54) is 270 Å². The van der Waals surface area contributed by atoms with Crippen LogP contribution in [-0.4, -0.2) is 37.2 Å². The maximum atomic E-state index is 13.0. The van der Waals surface area contributed by atoms with E-state index in [9.17, 15) is 14.4 Å². The highest BCUT2D eigenvalue weighted by atomic mass is 16.6. The maximum Gasteiger partial charge on any atom is 0.306 e. The van der Waals surface area contributed by atoms with Gasteiger partial charge in [0.25, 0.3) is 0 Å². The highest BCUT2D eigenvalue weighted by Gasteiger charge is 2.19. The molecule has 0 N–H and O–H groups in total. The summed E-state index contributed by atoms with van der Waals surface area (Å²) >= 11 is 0. The number of rotatable bonds is 67. The predicted octanol–water partition coefficient (Wildman–Crippen LogP) is 24.9. The summed E-state index contributed by atoms with van der Waals surface area (Å²) in [5, 5.41) is 0. The first kappa shape index (κ1) is 78.4. The van der Waals surface area contributed by atoms with Crippen LogP contribution in [0, 0.1) is 0 Å². The van der Waals surface area contributed by atoms with Gasteiger partial charge in [-0.15, -0.1) is 0 Å². The summed E-state index contributed by atoms with van der Waals surface area (Å²) in [6.07, 6.45) is 88.6. The van der Waals surface area contributed by atoms with Crippen molar-refractivity contribution in [3.05, 3.63) is 48.6 Å². The number of allylic oxidation sites excluding steroid dienone is 8. The summed E-state index contributed by atoms with van der Waals surface area (Å²) in [4.78, 5) is 38.5. The lowest BCUT2D eigenvalue weighted by Gasteiger charge is -2.18. The first-order valence-electron chi connectivity index (χ1n) is 36.1. The third-order valence-corrected chi connectivity index (χ3v) is 16.3. The Morgan fingerprint density at radius 3 is 0.753 bits per heavy atom. The molecule has 0 aromatic heterocycles. The molecule has 0 saturated carbocycles. The zero-order chi connectivity index (χ0) is 58.5. The Labute approximate surface area is 505 Å². The van der Waals surface area contributed by atoms with Crippen molar-refractivity contribution in [2.24, 2.45) is 0 Å². The fraction of sp³-hybridized carbons (Fsp3) is 0.853. The van der Waals surface area contributed by atoms with Crippen LogP contribution in [0.4, 0.5) is 0 Å². The van der Waals surface area contributed by atoms with Crippen LogP contribution in [0.5, 0.6) is 0 Å². The highest BCUT2D eigenvalue weighted by Crippen LogP contribution is 2.19. The minimum absolute atomic E-state index is 0.0669. The van der Waals surface area contributed by atoms with Crippen LogP contribution >= 0.6 is 0 Å². The molecule has 0 spiro atoms. The molecule has 0 aliphatic carbocycles. The van der Waals surface area contributed by atoms with Gasteiger partial charge in [0.05, 0.1) is 0 Å². The molecule has 0 rings (SSSR count). The summed E-state index contributed by atoms with van der Waals surface area (Å²) in [6.45, 7) is 6.61. The van der Waals surface area contributed by atoms with Crippen LogP contribution in [0.1, 0.15) is 393 Å². The topological polar surface area (TPSA) is 78.9 Å². The Bertz CT molecular complexity index is 1400. The van der Waals surface area contributed by atoms with E-state index in [2.05, 4.69) is 69.4 Å².